The summed E-state index contributed by atoms with van der Waals surface area (Å²) in [6.45, 7) is 1.84. The summed E-state index contributed by atoms with van der Waals surface area (Å²) in [4.78, 5) is 11.0. The van der Waals surface area contributed by atoms with Crippen LogP contribution in [0.3, 0.4) is 0 Å². The monoisotopic (exact) mass is 140 g/mol. The standard InChI is InChI=1S/C7H8O3/c1-4-7-5(8)2-3-6(9-4)10-7/h2-4,6-7H,1H3/t4-,6-,7-/m0/s1. The van der Waals surface area contributed by atoms with E-state index in [-0.39, 0.29) is 24.3 Å². The van der Waals surface area contributed by atoms with Gasteiger partial charge >= 0.3 is 0 Å². The Morgan fingerprint density at radius 3 is 3.00 bits per heavy atom. The smallest absolute Gasteiger partial charge is 0.187 e. The molecule has 2 rings (SSSR count). The lowest BCUT2D eigenvalue weighted by Gasteiger charge is -2.10. The summed E-state index contributed by atoms with van der Waals surface area (Å²) in [7, 11) is 0. The molecule has 0 amide bonds. The molecule has 0 unspecified atom stereocenters. The zero-order chi connectivity index (χ0) is 7.14. The molecule has 2 heterocycles. The molecule has 3 atom stereocenters. The highest BCUT2D eigenvalue weighted by molar-refractivity contribution is 5.95. The molecule has 10 heavy (non-hydrogen) atoms. The average Bonchev–Trinajstić information content (AvgIpc) is 2.21. The third kappa shape index (κ3) is 0.711. The van der Waals surface area contributed by atoms with E-state index < -0.39 is 0 Å². The molecule has 2 bridgehead atoms. The molecule has 2 aliphatic heterocycles. The number of hydrogen-bond acceptors (Lipinski definition) is 3. The van der Waals surface area contributed by atoms with Crippen LogP contribution >= 0.6 is 0 Å². The van der Waals surface area contributed by atoms with Gasteiger partial charge in [-0.2, -0.15) is 0 Å². The predicted octanol–water partition coefficient (Wildman–Crippen LogP) is 0.255. The molecule has 0 aromatic carbocycles. The van der Waals surface area contributed by atoms with E-state index in [9.17, 15) is 4.79 Å². The lowest BCUT2D eigenvalue weighted by atomic mass is 10.1. The van der Waals surface area contributed by atoms with Crippen LogP contribution in [0.5, 0.6) is 0 Å². The van der Waals surface area contributed by atoms with Gasteiger partial charge in [-0.25, -0.2) is 0 Å². The van der Waals surface area contributed by atoms with Crippen LogP contribution in [0, 0.1) is 0 Å². The lowest BCUT2D eigenvalue weighted by molar-refractivity contribution is -0.126. The number of fused-ring (bicyclic) bond motifs is 2. The van der Waals surface area contributed by atoms with Crippen molar-refractivity contribution in [2.24, 2.45) is 0 Å². The second-order valence-electron chi connectivity index (χ2n) is 2.53. The highest BCUT2D eigenvalue weighted by Gasteiger charge is 2.38. The van der Waals surface area contributed by atoms with Gasteiger partial charge < -0.3 is 9.47 Å². The Morgan fingerprint density at radius 1 is 1.50 bits per heavy atom. The summed E-state index contributed by atoms with van der Waals surface area (Å²) in [5, 5.41) is 0. The zero-order valence-corrected chi connectivity index (χ0v) is 5.61. The molecule has 1 fully saturated rings. The van der Waals surface area contributed by atoms with Gasteiger partial charge in [-0.1, -0.05) is 0 Å². The third-order valence-electron chi connectivity index (χ3n) is 1.75. The molecule has 0 aromatic rings. The van der Waals surface area contributed by atoms with E-state index in [0.29, 0.717) is 0 Å². The van der Waals surface area contributed by atoms with E-state index in [1.54, 1.807) is 6.08 Å². The zero-order valence-electron chi connectivity index (χ0n) is 5.61. The lowest BCUT2D eigenvalue weighted by Crippen LogP contribution is -2.29. The Labute approximate surface area is 58.6 Å². The molecular weight excluding hydrogens is 132 g/mol. The number of ether oxygens (including phenoxy) is 2. The van der Waals surface area contributed by atoms with Gasteiger partial charge in [0.25, 0.3) is 0 Å². The Morgan fingerprint density at radius 2 is 2.30 bits per heavy atom. The predicted molar refractivity (Wildman–Crippen MR) is 33.4 cm³/mol. The first-order valence-corrected chi connectivity index (χ1v) is 3.30. The second-order valence-corrected chi connectivity index (χ2v) is 2.53. The largest absolute Gasteiger partial charge is 0.343 e. The molecule has 0 saturated carbocycles. The van der Waals surface area contributed by atoms with E-state index in [1.807, 2.05) is 6.92 Å². The van der Waals surface area contributed by atoms with Crippen molar-refractivity contribution in [3.63, 3.8) is 0 Å². The maximum Gasteiger partial charge on any atom is 0.187 e. The minimum atomic E-state index is -0.352. The maximum absolute atomic E-state index is 11.0. The third-order valence-corrected chi connectivity index (χ3v) is 1.75. The number of carbonyl (C=O) groups excluding carboxylic acids is 1. The second kappa shape index (κ2) is 1.90. The molecule has 0 aromatic heterocycles. The van der Waals surface area contributed by atoms with Gasteiger partial charge in [0.1, 0.15) is 6.10 Å². The van der Waals surface area contributed by atoms with Crippen molar-refractivity contribution in [2.45, 2.75) is 25.4 Å². The number of carbonyl (C=O) groups is 1. The molecule has 3 nitrogen and oxygen atoms in total. The Bertz CT molecular complexity index is 197. The first-order valence-electron chi connectivity index (χ1n) is 3.30. The van der Waals surface area contributed by atoms with Crippen molar-refractivity contribution in [1.29, 1.82) is 0 Å². The normalized spacial score (nSPS) is 44.5. The van der Waals surface area contributed by atoms with Crippen molar-refractivity contribution in [3.8, 4) is 0 Å². The van der Waals surface area contributed by atoms with Crippen LogP contribution in [-0.2, 0) is 14.3 Å². The molecule has 0 N–H and O–H groups in total. The van der Waals surface area contributed by atoms with Crippen LogP contribution < -0.4 is 0 Å². The first kappa shape index (κ1) is 6.07. The van der Waals surface area contributed by atoms with Gasteiger partial charge in [0.15, 0.2) is 12.1 Å². The molecule has 1 saturated heterocycles. The fraction of sp³-hybridized carbons (Fsp3) is 0.571. The number of rotatable bonds is 0. The van der Waals surface area contributed by atoms with Gasteiger partial charge in [0, 0.05) is 0 Å². The molecule has 54 valence electrons. The fourth-order valence-electron chi connectivity index (χ4n) is 1.23. The molecule has 0 radical (unpaired) electrons. The Kier molecular flexibility index (Phi) is 1.16. The highest BCUT2D eigenvalue weighted by atomic mass is 16.7. The van der Waals surface area contributed by atoms with Gasteiger partial charge in [-0.3, -0.25) is 4.79 Å². The minimum absolute atomic E-state index is 0.0150. The topological polar surface area (TPSA) is 35.5 Å². The summed E-state index contributed by atoms with van der Waals surface area (Å²) in [5.41, 5.74) is 0. The summed E-state index contributed by atoms with van der Waals surface area (Å²) in [6.07, 6.45) is 2.45. The Balaban J connectivity index is 2.28. The van der Waals surface area contributed by atoms with Gasteiger partial charge in [-0.05, 0) is 19.1 Å². The van der Waals surface area contributed by atoms with Crippen molar-refractivity contribution in [3.05, 3.63) is 12.2 Å². The van der Waals surface area contributed by atoms with Crippen molar-refractivity contribution in [2.75, 3.05) is 0 Å². The van der Waals surface area contributed by atoms with Crippen LogP contribution in [0.4, 0.5) is 0 Å². The van der Waals surface area contributed by atoms with Crippen LogP contribution in [0.1, 0.15) is 6.92 Å². The van der Waals surface area contributed by atoms with Crippen LogP contribution in [0.15, 0.2) is 12.2 Å². The van der Waals surface area contributed by atoms with Crippen molar-refractivity contribution in [1.82, 2.24) is 0 Å². The minimum Gasteiger partial charge on any atom is -0.343 e. The highest BCUT2D eigenvalue weighted by Crippen LogP contribution is 2.24. The fourth-order valence-corrected chi connectivity index (χ4v) is 1.23. The summed E-state index contributed by atoms with van der Waals surface area (Å²) in [6, 6.07) is 0. The SMILES string of the molecule is C[C@@H]1O[C@@H]2C=CC(=O)[C@H]1O2. The van der Waals surface area contributed by atoms with Crippen LogP contribution in [-0.4, -0.2) is 24.3 Å². The maximum atomic E-state index is 11.0. The molecule has 2 aliphatic rings. The number of ketones is 1. The van der Waals surface area contributed by atoms with E-state index in [4.69, 9.17) is 9.47 Å². The molecule has 3 heteroatoms. The summed E-state index contributed by atoms with van der Waals surface area (Å²) in [5.74, 6) is 0.0150. The first-order chi connectivity index (χ1) is 4.77. The van der Waals surface area contributed by atoms with E-state index in [0.717, 1.165) is 0 Å². The quantitative estimate of drug-likeness (QED) is 0.484. The molecular formula is C7H8O3. The van der Waals surface area contributed by atoms with Gasteiger partial charge in [0.2, 0.25) is 0 Å². The molecule has 0 aliphatic carbocycles. The van der Waals surface area contributed by atoms with Crippen molar-refractivity contribution < 1.29 is 14.3 Å². The van der Waals surface area contributed by atoms with Gasteiger partial charge in [-0.15, -0.1) is 0 Å². The molecule has 0 spiro atoms. The number of hydrogen-bond donors (Lipinski definition) is 0. The Hall–Kier alpha value is -0.670. The average molecular weight is 140 g/mol. The summed E-state index contributed by atoms with van der Waals surface area (Å²) < 4.78 is 10.4. The van der Waals surface area contributed by atoms with E-state index >= 15 is 0 Å². The summed E-state index contributed by atoms with van der Waals surface area (Å²) >= 11 is 0. The van der Waals surface area contributed by atoms with E-state index in [1.165, 1.54) is 6.08 Å². The van der Waals surface area contributed by atoms with E-state index in [2.05, 4.69) is 0 Å². The van der Waals surface area contributed by atoms with Gasteiger partial charge in [0.05, 0.1) is 6.10 Å². The van der Waals surface area contributed by atoms with Crippen LogP contribution in [0.2, 0.25) is 0 Å². The van der Waals surface area contributed by atoms with Crippen LogP contribution in [0.25, 0.3) is 0 Å². The van der Waals surface area contributed by atoms with Crippen molar-refractivity contribution >= 4 is 5.78 Å².